The summed E-state index contributed by atoms with van der Waals surface area (Å²) in [6.07, 6.45) is 0.994. The summed E-state index contributed by atoms with van der Waals surface area (Å²) in [6, 6.07) is 2.21. The van der Waals surface area contributed by atoms with Crippen molar-refractivity contribution < 1.29 is 34.5 Å². The molecule has 12 nitrogen and oxygen atoms in total. The number of hydrogen-bond acceptors (Lipinski definition) is 7. The number of benzene rings is 1. The van der Waals surface area contributed by atoms with E-state index in [9.17, 15) is 34.5 Å². The van der Waals surface area contributed by atoms with Gasteiger partial charge in [-0.25, -0.2) is 4.79 Å². The highest BCUT2D eigenvalue weighted by Crippen LogP contribution is 2.19. The van der Waals surface area contributed by atoms with Crippen LogP contribution >= 0.6 is 0 Å². The molecular weight excluding hydrogens is 470 g/mol. The van der Waals surface area contributed by atoms with Gasteiger partial charge in [-0.1, -0.05) is 38.5 Å². The molecule has 1 aromatic heterocycles. The predicted molar refractivity (Wildman–Crippen MR) is 132 cm³/mol. The zero-order valence-corrected chi connectivity index (χ0v) is 20.5. The van der Waals surface area contributed by atoms with Crippen molar-refractivity contribution in [1.29, 1.82) is 0 Å². The normalized spacial score (nSPS) is 16.3. The maximum atomic E-state index is 13.2. The Morgan fingerprint density at radius 3 is 2.19 bits per heavy atom. The molecular formula is C24H35N5O7. The molecule has 2 aromatic rings. The second-order valence-electron chi connectivity index (χ2n) is 8.84. The molecule has 0 radical (unpaired) electrons. The maximum Gasteiger partial charge on any atom is 0.328 e. The van der Waals surface area contributed by atoms with Gasteiger partial charge in [-0.2, -0.15) is 0 Å². The molecule has 1 heterocycles. The lowest BCUT2D eigenvalue weighted by Gasteiger charge is -2.25. The van der Waals surface area contributed by atoms with E-state index in [1.165, 1.54) is 6.92 Å². The standard InChI is InChI=1S/C24H35N5O7/c1-4-12(2)19(25)23(34)27-17(9-14-10-26-16-8-6-5-7-15(14)16)21(32)28-18(11-30)22(33)29-20(13(3)31)24(35)36/h5-8,10,12-13,17-20,26,30-31H,4,9,11,25H2,1-3H3,(H,27,34)(H,28,32)(H,29,33)(H,35,36). The first kappa shape index (κ1) is 28.8. The molecule has 0 spiro atoms. The SMILES string of the molecule is CCC(C)C(N)C(=O)NC(Cc1c[nH]c2ccccc12)C(=O)NC(CO)C(=O)NC(C(=O)O)C(C)O. The largest absolute Gasteiger partial charge is 0.480 e. The molecule has 0 saturated heterocycles. The highest BCUT2D eigenvalue weighted by molar-refractivity contribution is 5.95. The van der Waals surface area contributed by atoms with Crippen molar-refractivity contribution in [2.24, 2.45) is 11.7 Å². The van der Waals surface area contributed by atoms with Crippen molar-refractivity contribution in [3.63, 3.8) is 0 Å². The summed E-state index contributed by atoms with van der Waals surface area (Å²) in [4.78, 5) is 52.9. The molecule has 0 fully saturated rings. The number of amides is 3. The molecule has 198 valence electrons. The fraction of sp³-hybridized carbons (Fsp3) is 0.500. The number of aliphatic hydroxyl groups excluding tert-OH is 2. The van der Waals surface area contributed by atoms with Gasteiger partial charge in [0.25, 0.3) is 0 Å². The number of aliphatic carboxylic acids is 1. The van der Waals surface area contributed by atoms with Crippen LogP contribution in [0.5, 0.6) is 0 Å². The number of nitrogens with two attached hydrogens (primary N) is 1. The Bertz CT molecular complexity index is 1070. The van der Waals surface area contributed by atoms with E-state index in [2.05, 4.69) is 20.9 Å². The Kier molecular flexibility index (Phi) is 10.4. The lowest BCUT2D eigenvalue weighted by Crippen LogP contribution is -2.59. The molecule has 0 aliphatic rings. The zero-order chi connectivity index (χ0) is 27.0. The minimum Gasteiger partial charge on any atom is -0.480 e. The number of carboxylic acids is 1. The summed E-state index contributed by atoms with van der Waals surface area (Å²) < 4.78 is 0. The molecule has 3 amide bonds. The van der Waals surface area contributed by atoms with E-state index in [0.717, 1.165) is 16.5 Å². The van der Waals surface area contributed by atoms with Gasteiger partial charge in [-0.05, 0) is 24.5 Å². The second-order valence-corrected chi connectivity index (χ2v) is 8.84. The van der Waals surface area contributed by atoms with E-state index in [1.807, 2.05) is 38.1 Å². The number of fused-ring (bicyclic) bond motifs is 1. The van der Waals surface area contributed by atoms with E-state index in [1.54, 1.807) is 6.20 Å². The number of hydrogen-bond donors (Lipinski definition) is 8. The molecule has 0 saturated carbocycles. The van der Waals surface area contributed by atoms with Crippen LogP contribution in [-0.4, -0.2) is 80.9 Å². The van der Waals surface area contributed by atoms with Gasteiger partial charge in [0, 0.05) is 23.5 Å². The fourth-order valence-corrected chi connectivity index (χ4v) is 3.62. The third-order valence-corrected chi connectivity index (χ3v) is 6.15. The zero-order valence-electron chi connectivity index (χ0n) is 20.5. The first-order chi connectivity index (χ1) is 17.0. The van der Waals surface area contributed by atoms with Crippen LogP contribution in [0.3, 0.4) is 0 Å². The molecule has 36 heavy (non-hydrogen) atoms. The predicted octanol–water partition coefficient (Wildman–Crippen LogP) is -1.00. The van der Waals surface area contributed by atoms with Crippen molar-refractivity contribution in [3.05, 3.63) is 36.0 Å². The number of rotatable bonds is 13. The number of nitrogens with one attached hydrogen (secondary N) is 4. The average Bonchev–Trinajstić information content (AvgIpc) is 3.26. The van der Waals surface area contributed by atoms with E-state index < -0.39 is 60.6 Å². The maximum absolute atomic E-state index is 13.2. The number of aliphatic hydroxyl groups is 2. The molecule has 9 N–H and O–H groups in total. The Morgan fingerprint density at radius 1 is 1.00 bits per heavy atom. The highest BCUT2D eigenvalue weighted by atomic mass is 16.4. The summed E-state index contributed by atoms with van der Waals surface area (Å²) in [5.74, 6) is -3.96. The van der Waals surface area contributed by atoms with Crippen LogP contribution in [0.2, 0.25) is 0 Å². The van der Waals surface area contributed by atoms with Gasteiger partial charge >= 0.3 is 5.97 Å². The van der Waals surface area contributed by atoms with Gasteiger partial charge < -0.3 is 42.0 Å². The minimum absolute atomic E-state index is 0.0556. The van der Waals surface area contributed by atoms with Crippen LogP contribution in [0, 0.1) is 5.92 Å². The molecule has 0 aliphatic heterocycles. The first-order valence-corrected chi connectivity index (χ1v) is 11.7. The first-order valence-electron chi connectivity index (χ1n) is 11.7. The number of aromatic amines is 1. The lowest BCUT2D eigenvalue weighted by molar-refractivity contribution is -0.145. The van der Waals surface area contributed by atoms with E-state index >= 15 is 0 Å². The minimum atomic E-state index is -1.64. The number of para-hydroxylation sites is 1. The summed E-state index contributed by atoms with van der Waals surface area (Å²) in [6.45, 7) is 4.03. The van der Waals surface area contributed by atoms with Crippen LogP contribution in [0.25, 0.3) is 10.9 Å². The molecule has 0 aliphatic carbocycles. The van der Waals surface area contributed by atoms with Gasteiger partial charge in [0.15, 0.2) is 6.04 Å². The van der Waals surface area contributed by atoms with Crippen LogP contribution in [0.1, 0.15) is 32.8 Å². The third-order valence-electron chi connectivity index (χ3n) is 6.15. The third kappa shape index (κ3) is 7.26. The van der Waals surface area contributed by atoms with Gasteiger partial charge in [0.05, 0.1) is 18.8 Å². The Morgan fingerprint density at radius 2 is 1.61 bits per heavy atom. The molecule has 12 heteroatoms. The smallest absolute Gasteiger partial charge is 0.328 e. The topological polar surface area (TPSA) is 207 Å². The van der Waals surface area contributed by atoms with E-state index in [-0.39, 0.29) is 12.3 Å². The van der Waals surface area contributed by atoms with Crippen LogP contribution in [0.15, 0.2) is 30.5 Å². The number of H-pyrrole nitrogens is 1. The van der Waals surface area contributed by atoms with Gasteiger partial charge in [0.1, 0.15) is 12.1 Å². The highest BCUT2D eigenvalue weighted by Gasteiger charge is 2.32. The second kappa shape index (κ2) is 13.0. The Labute approximate surface area is 208 Å². The number of carbonyl (C=O) groups excluding carboxylic acids is 3. The summed E-state index contributed by atoms with van der Waals surface area (Å²) in [7, 11) is 0. The monoisotopic (exact) mass is 505 g/mol. The fourth-order valence-electron chi connectivity index (χ4n) is 3.62. The quantitative estimate of drug-likeness (QED) is 0.169. The Hall–Kier alpha value is -3.48. The van der Waals surface area contributed by atoms with Crippen LogP contribution in [-0.2, 0) is 25.6 Å². The Balaban J connectivity index is 2.26. The van der Waals surface area contributed by atoms with Gasteiger partial charge in [-0.3, -0.25) is 14.4 Å². The summed E-state index contributed by atoms with van der Waals surface area (Å²) in [5, 5.41) is 36.4. The molecule has 1 aromatic carbocycles. The van der Waals surface area contributed by atoms with E-state index in [4.69, 9.17) is 5.73 Å². The van der Waals surface area contributed by atoms with E-state index in [0.29, 0.717) is 6.42 Å². The molecule has 0 bridgehead atoms. The van der Waals surface area contributed by atoms with Crippen LogP contribution in [0.4, 0.5) is 0 Å². The van der Waals surface area contributed by atoms with Crippen molar-refractivity contribution in [2.45, 2.75) is 63.9 Å². The van der Waals surface area contributed by atoms with Crippen molar-refractivity contribution in [2.75, 3.05) is 6.61 Å². The molecule has 2 rings (SSSR count). The van der Waals surface area contributed by atoms with Crippen molar-refractivity contribution in [1.82, 2.24) is 20.9 Å². The molecule has 6 atom stereocenters. The van der Waals surface area contributed by atoms with Crippen LogP contribution < -0.4 is 21.7 Å². The van der Waals surface area contributed by atoms with Gasteiger partial charge in [-0.15, -0.1) is 0 Å². The average molecular weight is 506 g/mol. The number of carboxylic acid groups (broad SMARTS) is 1. The number of carbonyl (C=O) groups is 4. The van der Waals surface area contributed by atoms with Gasteiger partial charge in [0.2, 0.25) is 17.7 Å². The number of aromatic nitrogens is 1. The van der Waals surface area contributed by atoms with Crippen molar-refractivity contribution >= 4 is 34.6 Å². The lowest BCUT2D eigenvalue weighted by atomic mass is 9.98. The van der Waals surface area contributed by atoms with Crippen molar-refractivity contribution in [3.8, 4) is 0 Å². The summed E-state index contributed by atoms with van der Waals surface area (Å²) >= 11 is 0. The molecule has 6 unspecified atom stereocenters. The summed E-state index contributed by atoms with van der Waals surface area (Å²) in [5.41, 5.74) is 7.60.